The largest absolute Gasteiger partial charge is 0.350 e. The predicted molar refractivity (Wildman–Crippen MR) is 105 cm³/mol. The number of hydrogen-bond donors (Lipinski definition) is 1. The second-order valence-electron chi connectivity index (χ2n) is 6.16. The van der Waals surface area contributed by atoms with Crippen molar-refractivity contribution < 1.29 is 9.18 Å². The molecular formula is C20H15FN4O2S. The van der Waals surface area contributed by atoms with Crippen LogP contribution in [-0.4, -0.2) is 19.8 Å². The Hall–Kier alpha value is -3.39. The summed E-state index contributed by atoms with van der Waals surface area (Å²) >= 11 is 1.02. The lowest BCUT2D eigenvalue weighted by Gasteiger charge is -2.07. The smallest absolute Gasteiger partial charge is 0.273 e. The summed E-state index contributed by atoms with van der Waals surface area (Å²) in [5.74, 6) is -0.629. The molecule has 0 aliphatic carbocycles. The number of carbonyl (C=O) groups is 1. The van der Waals surface area contributed by atoms with Gasteiger partial charge in [-0.1, -0.05) is 30.3 Å². The summed E-state index contributed by atoms with van der Waals surface area (Å²) in [4.78, 5) is 29.2. The minimum Gasteiger partial charge on any atom is -0.350 e. The van der Waals surface area contributed by atoms with E-state index in [0.717, 1.165) is 17.1 Å². The first-order valence-corrected chi connectivity index (χ1v) is 9.30. The summed E-state index contributed by atoms with van der Waals surface area (Å²) in [6.07, 6.45) is 1.34. The van der Waals surface area contributed by atoms with Crippen molar-refractivity contribution in [2.24, 2.45) is 0 Å². The van der Waals surface area contributed by atoms with Gasteiger partial charge in [0.15, 0.2) is 0 Å². The average molecular weight is 394 g/mol. The molecule has 4 rings (SSSR count). The van der Waals surface area contributed by atoms with Gasteiger partial charge in [0.05, 0.1) is 6.33 Å². The Morgan fingerprint density at radius 2 is 1.86 bits per heavy atom. The molecule has 0 aliphatic rings. The molecule has 2 aromatic carbocycles. The molecule has 1 N–H and O–H groups in total. The Morgan fingerprint density at radius 1 is 1.11 bits per heavy atom. The van der Waals surface area contributed by atoms with E-state index in [1.165, 1.54) is 23.0 Å². The molecule has 140 valence electrons. The van der Waals surface area contributed by atoms with Crippen molar-refractivity contribution in [1.82, 2.24) is 19.2 Å². The maximum absolute atomic E-state index is 13.1. The number of hydrogen-bond acceptors (Lipinski definition) is 5. The van der Waals surface area contributed by atoms with Crippen LogP contribution in [0.4, 0.5) is 4.39 Å². The van der Waals surface area contributed by atoms with Crippen molar-refractivity contribution in [1.29, 1.82) is 0 Å². The predicted octanol–water partition coefficient (Wildman–Crippen LogP) is 2.98. The van der Waals surface area contributed by atoms with Crippen LogP contribution >= 0.6 is 11.5 Å². The first-order chi connectivity index (χ1) is 13.6. The number of nitrogens with one attached hydrogen (secondary N) is 1. The molecule has 4 aromatic rings. The fraction of sp³-hybridized carbons (Fsp3) is 0.100. The monoisotopic (exact) mass is 394 g/mol. The van der Waals surface area contributed by atoms with E-state index in [2.05, 4.69) is 14.7 Å². The summed E-state index contributed by atoms with van der Waals surface area (Å²) < 4.78 is 19.0. The number of amides is 1. The maximum Gasteiger partial charge on any atom is 0.273 e. The Labute approximate surface area is 163 Å². The fourth-order valence-corrected chi connectivity index (χ4v) is 3.58. The van der Waals surface area contributed by atoms with E-state index in [9.17, 15) is 14.0 Å². The number of carbonyl (C=O) groups excluding carboxylic acids is 1. The molecular weight excluding hydrogens is 379 g/mol. The highest BCUT2D eigenvalue weighted by atomic mass is 32.1. The molecule has 0 atom stereocenters. The normalized spacial score (nSPS) is 10.9. The molecule has 0 bridgehead atoms. The number of benzene rings is 2. The van der Waals surface area contributed by atoms with Crippen LogP contribution in [0.25, 0.3) is 21.5 Å². The van der Waals surface area contributed by atoms with E-state index >= 15 is 0 Å². The topological polar surface area (TPSA) is 76.9 Å². The van der Waals surface area contributed by atoms with Gasteiger partial charge in [-0.2, -0.15) is 4.37 Å². The number of fused-ring (bicyclic) bond motifs is 1. The SMILES string of the molecule is O=C(Cn1cnc2c(-c3ccc(F)cc3)nsc2c1=O)NCc1ccccc1. The third kappa shape index (κ3) is 3.67. The molecule has 0 spiro atoms. The maximum atomic E-state index is 13.1. The first-order valence-electron chi connectivity index (χ1n) is 8.53. The number of rotatable bonds is 5. The molecule has 0 fully saturated rings. The zero-order valence-electron chi connectivity index (χ0n) is 14.6. The molecule has 0 radical (unpaired) electrons. The van der Waals surface area contributed by atoms with Crippen molar-refractivity contribution in [3.63, 3.8) is 0 Å². The van der Waals surface area contributed by atoms with Gasteiger partial charge in [0.1, 0.15) is 28.3 Å². The van der Waals surface area contributed by atoms with Crippen LogP contribution in [0.1, 0.15) is 5.56 Å². The molecule has 1 amide bonds. The summed E-state index contributed by atoms with van der Waals surface area (Å²) in [7, 11) is 0. The van der Waals surface area contributed by atoms with Crippen molar-refractivity contribution >= 4 is 27.7 Å². The molecule has 0 unspecified atom stereocenters. The fourth-order valence-electron chi connectivity index (χ4n) is 2.77. The zero-order valence-corrected chi connectivity index (χ0v) is 15.4. The van der Waals surface area contributed by atoms with E-state index < -0.39 is 0 Å². The van der Waals surface area contributed by atoms with Crippen LogP contribution in [0, 0.1) is 5.82 Å². The van der Waals surface area contributed by atoms with Crippen molar-refractivity contribution in [2.75, 3.05) is 0 Å². The quantitative estimate of drug-likeness (QED) is 0.565. The Morgan fingerprint density at radius 3 is 2.61 bits per heavy atom. The molecule has 2 aromatic heterocycles. The molecule has 0 saturated heterocycles. The van der Waals surface area contributed by atoms with Gasteiger partial charge in [0.25, 0.3) is 5.56 Å². The Balaban J connectivity index is 1.54. The first kappa shape index (κ1) is 18.0. The van der Waals surface area contributed by atoms with E-state index in [-0.39, 0.29) is 23.8 Å². The van der Waals surface area contributed by atoms with Crippen LogP contribution in [0.2, 0.25) is 0 Å². The Bertz CT molecular complexity index is 1190. The van der Waals surface area contributed by atoms with Crippen molar-refractivity contribution in [3.8, 4) is 11.3 Å². The third-order valence-corrected chi connectivity index (χ3v) is 5.04. The second kappa shape index (κ2) is 7.69. The summed E-state index contributed by atoms with van der Waals surface area (Å²) in [5.41, 5.74) is 2.30. The molecule has 2 heterocycles. The zero-order chi connectivity index (χ0) is 19.5. The van der Waals surface area contributed by atoms with Gasteiger partial charge < -0.3 is 5.32 Å². The van der Waals surface area contributed by atoms with Crippen molar-refractivity contribution in [2.45, 2.75) is 13.1 Å². The minimum atomic E-state index is -0.347. The highest BCUT2D eigenvalue weighted by Crippen LogP contribution is 2.27. The molecule has 6 nitrogen and oxygen atoms in total. The third-order valence-electron chi connectivity index (χ3n) is 4.21. The number of aromatic nitrogens is 3. The molecule has 0 aliphatic heterocycles. The minimum absolute atomic E-state index is 0.127. The lowest BCUT2D eigenvalue weighted by molar-refractivity contribution is -0.121. The van der Waals surface area contributed by atoms with Crippen LogP contribution in [0.3, 0.4) is 0 Å². The van der Waals surface area contributed by atoms with E-state index in [0.29, 0.717) is 28.0 Å². The highest BCUT2D eigenvalue weighted by molar-refractivity contribution is 7.13. The van der Waals surface area contributed by atoms with E-state index in [4.69, 9.17) is 0 Å². The lowest BCUT2D eigenvalue weighted by Crippen LogP contribution is -2.31. The van der Waals surface area contributed by atoms with Gasteiger partial charge in [0.2, 0.25) is 5.91 Å². The number of halogens is 1. The van der Waals surface area contributed by atoms with Gasteiger partial charge >= 0.3 is 0 Å². The average Bonchev–Trinajstić information content (AvgIpc) is 3.15. The van der Waals surface area contributed by atoms with Crippen LogP contribution in [0.15, 0.2) is 65.7 Å². The van der Waals surface area contributed by atoms with Gasteiger partial charge in [-0.25, -0.2) is 9.37 Å². The van der Waals surface area contributed by atoms with E-state index in [1.807, 2.05) is 30.3 Å². The molecule has 28 heavy (non-hydrogen) atoms. The van der Waals surface area contributed by atoms with Crippen LogP contribution in [0.5, 0.6) is 0 Å². The van der Waals surface area contributed by atoms with Crippen LogP contribution in [-0.2, 0) is 17.9 Å². The standard InChI is InChI=1S/C20H15FN4O2S/c21-15-8-6-14(7-9-15)17-18-19(28-24-17)20(27)25(12-23-18)11-16(26)22-10-13-4-2-1-3-5-13/h1-9,12H,10-11H2,(H,22,26). The molecule has 8 heteroatoms. The Kier molecular flexibility index (Phi) is 4.94. The summed E-state index contributed by atoms with van der Waals surface area (Å²) in [6.45, 7) is 0.262. The highest BCUT2D eigenvalue weighted by Gasteiger charge is 2.15. The second-order valence-corrected chi connectivity index (χ2v) is 6.93. The van der Waals surface area contributed by atoms with Gasteiger partial charge in [-0.05, 0) is 41.4 Å². The number of nitrogens with zero attached hydrogens (tertiary/aromatic N) is 3. The van der Waals surface area contributed by atoms with Crippen molar-refractivity contribution in [3.05, 3.63) is 82.7 Å². The molecule has 0 saturated carbocycles. The van der Waals surface area contributed by atoms with Gasteiger partial charge in [0, 0.05) is 12.1 Å². The summed E-state index contributed by atoms with van der Waals surface area (Å²) in [6, 6.07) is 15.4. The van der Waals surface area contributed by atoms with Gasteiger partial charge in [-0.15, -0.1) is 0 Å². The summed E-state index contributed by atoms with van der Waals surface area (Å²) in [5, 5.41) is 2.78. The van der Waals surface area contributed by atoms with Crippen LogP contribution < -0.4 is 10.9 Å². The lowest BCUT2D eigenvalue weighted by atomic mass is 10.1. The van der Waals surface area contributed by atoms with Gasteiger partial charge in [-0.3, -0.25) is 14.2 Å². The van der Waals surface area contributed by atoms with E-state index in [1.54, 1.807) is 12.1 Å².